The van der Waals surface area contributed by atoms with Gasteiger partial charge in [-0.15, -0.1) is 0 Å². The molecule has 0 spiro atoms. The Morgan fingerprint density at radius 1 is 1.00 bits per heavy atom. The second-order valence-corrected chi connectivity index (χ2v) is 7.42. The van der Waals surface area contributed by atoms with E-state index in [9.17, 15) is 13.5 Å². The SMILES string of the molecule is CN(c1cc(Cl)ccc1[O])c1ccc(S(C)(=O)=O)cc1Cl. The maximum Gasteiger partial charge on any atom is 0.202 e. The summed E-state index contributed by atoms with van der Waals surface area (Å²) in [4.78, 5) is 1.70. The first-order chi connectivity index (χ1) is 9.70. The van der Waals surface area contributed by atoms with Gasteiger partial charge in [0, 0.05) is 18.3 Å². The van der Waals surface area contributed by atoms with Crippen LogP contribution in [0.15, 0.2) is 41.3 Å². The van der Waals surface area contributed by atoms with Gasteiger partial charge in [-0.2, -0.15) is 0 Å². The minimum absolute atomic E-state index is 0.123. The predicted molar refractivity (Wildman–Crippen MR) is 84.2 cm³/mol. The van der Waals surface area contributed by atoms with E-state index in [-0.39, 0.29) is 15.7 Å². The van der Waals surface area contributed by atoms with Gasteiger partial charge in [-0.05, 0) is 36.4 Å². The van der Waals surface area contributed by atoms with Crippen LogP contribution >= 0.6 is 23.2 Å². The Morgan fingerprint density at radius 3 is 2.24 bits per heavy atom. The van der Waals surface area contributed by atoms with Crippen molar-refractivity contribution in [2.75, 3.05) is 18.2 Å². The van der Waals surface area contributed by atoms with E-state index in [0.29, 0.717) is 16.4 Å². The molecule has 0 bridgehead atoms. The molecule has 1 radical (unpaired) electrons. The van der Waals surface area contributed by atoms with Gasteiger partial charge in [0.05, 0.1) is 21.3 Å². The van der Waals surface area contributed by atoms with E-state index in [0.717, 1.165) is 6.26 Å². The lowest BCUT2D eigenvalue weighted by Crippen LogP contribution is -2.10. The quantitative estimate of drug-likeness (QED) is 0.833. The minimum atomic E-state index is -3.33. The summed E-state index contributed by atoms with van der Waals surface area (Å²) in [7, 11) is -1.67. The molecule has 0 unspecified atom stereocenters. The fraction of sp³-hybridized carbons (Fsp3) is 0.143. The highest BCUT2D eigenvalue weighted by molar-refractivity contribution is 7.90. The lowest BCUT2D eigenvalue weighted by atomic mass is 10.2. The van der Waals surface area contributed by atoms with Crippen LogP contribution in [-0.2, 0) is 14.9 Å². The van der Waals surface area contributed by atoms with E-state index in [2.05, 4.69) is 0 Å². The monoisotopic (exact) mass is 344 g/mol. The Bertz CT molecular complexity index is 791. The van der Waals surface area contributed by atoms with Crippen LogP contribution in [0.3, 0.4) is 0 Å². The van der Waals surface area contributed by atoms with Gasteiger partial charge >= 0.3 is 0 Å². The van der Waals surface area contributed by atoms with E-state index in [1.165, 1.54) is 30.3 Å². The average Bonchev–Trinajstić information content (AvgIpc) is 2.39. The van der Waals surface area contributed by atoms with E-state index in [1.807, 2.05) is 0 Å². The first-order valence-corrected chi connectivity index (χ1v) is 8.55. The molecule has 0 N–H and O–H groups in total. The molecule has 0 aliphatic rings. The molecule has 0 aliphatic carbocycles. The fourth-order valence-corrected chi connectivity index (χ4v) is 3.06. The van der Waals surface area contributed by atoms with Gasteiger partial charge in [-0.3, -0.25) is 5.11 Å². The molecule has 4 nitrogen and oxygen atoms in total. The molecule has 21 heavy (non-hydrogen) atoms. The molecule has 0 heterocycles. The first kappa shape index (κ1) is 15.9. The van der Waals surface area contributed by atoms with Crippen LogP contribution in [0.5, 0.6) is 5.75 Å². The third-order valence-electron chi connectivity index (χ3n) is 2.99. The van der Waals surface area contributed by atoms with E-state index >= 15 is 0 Å². The Balaban J connectivity index is 2.49. The number of anilines is 2. The fourth-order valence-electron chi connectivity index (χ4n) is 1.87. The zero-order valence-corrected chi connectivity index (χ0v) is 13.6. The van der Waals surface area contributed by atoms with Crippen LogP contribution in [0, 0.1) is 0 Å². The van der Waals surface area contributed by atoms with E-state index in [4.69, 9.17) is 23.2 Å². The summed E-state index contributed by atoms with van der Waals surface area (Å²) in [6.07, 6.45) is 1.11. The zero-order chi connectivity index (χ0) is 15.8. The van der Waals surface area contributed by atoms with Gasteiger partial charge in [0.1, 0.15) is 0 Å². The first-order valence-electron chi connectivity index (χ1n) is 5.90. The Labute approximate surface area is 133 Å². The summed E-state index contributed by atoms with van der Waals surface area (Å²) in [5, 5.41) is 12.6. The maximum atomic E-state index is 11.9. The number of halogens is 2. The van der Waals surface area contributed by atoms with Crippen LogP contribution in [-0.4, -0.2) is 21.7 Å². The molecule has 0 saturated heterocycles. The third-order valence-corrected chi connectivity index (χ3v) is 4.64. The largest absolute Gasteiger partial charge is 0.340 e. The van der Waals surface area contributed by atoms with Gasteiger partial charge in [0.15, 0.2) is 9.84 Å². The summed E-state index contributed by atoms with van der Waals surface area (Å²) in [5.74, 6) is -0.204. The Hall–Kier alpha value is -1.43. The Kier molecular flexibility index (Phi) is 4.37. The molecule has 0 saturated carbocycles. The summed E-state index contributed by atoms with van der Waals surface area (Å²) >= 11 is 12.0. The highest BCUT2D eigenvalue weighted by Gasteiger charge is 2.16. The second-order valence-electron chi connectivity index (χ2n) is 4.56. The molecule has 0 aliphatic heterocycles. The number of benzene rings is 2. The third kappa shape index (κ3) is 3.43. The standard InChI is InChI=1S/C14H12Cl2NO3S/c1-17(13-7-9(15)3-6-14(13)18)12-5-4-10(8-11(12)16)21(2,19)20/h3-8H,1-2H3. The van der Waals surface area contributed by atoms with Crippen molar-refractivity contribution >= 4 is 44.4 Å². The van der Waals surface area contributed by atoms with Crippen molar-refractivity contribution in [3.63, 3.8) is 0 Å². The number of nitrogens with zero attached hydrogens (tertiary/aromatic N) is 1. The topological polar surface area (TPSA) is 57.3 Å². The molecule has 7 heteroatoms. The van der Waals surface area contributed by atoms with Crippen molar-refractivity contribution in [3.05, 3.63) is 46.4 Å². The lowest BCUT2D eigenvalue weighted by molar-refractivity contribution is 0.356. The molecule has 2 rings (SSSR count). The Morgan fingerprint density at radius 2 is 1.67 bits per heavy atom. The normalized spacial score (nSPS) is 11.4. The summed E-state index contributed by atoms with van der Waals surface area (Å²) in [6.45, 7) is 0. The minimum Gasteiger partial charge on any atom is -0.340 e. The average molecular weight is 345 g/mol. The lowest BCUT2D eigenvalue weighted by Gasteiger charge is -2.21. The van der Waals surface area contributed by atoms with Crippen LogP contribution in [0.2, 0.25) is 10.0 Å². The summed E-state index contributed by atoms with van der Waals surface area (Å²) < 4.78 is 23.0. The van der Waals surface area contributed by atoms with Crippen molar-refractivity contribution < 1.29 is 13.5 Å². The zero-order valence-electron chi connectivity index (χ0n) is 11.3. The number of hydrogen-bond acceptors (Lipinski definition) is 3. The predicted octanol–water partition coefficient (Wildman–Crippen LogP) is 4.31. The van der Waals surface area contributed by atoms with Crippen molar-refractivity contribution in [1.82, 2.24) is 0 Å². The molecule has 0 atom stereocenters. The molecule has 0 fully saturated rings. The van der Waals surface area contributed by atoms with E-state index in [1.54, 1.807) is 18.0 Å². The number of hydrogen-bond donors (Lipinski definition) is 0. The van der Waals surface area contributed by atoms with Crippen LogP contribution < -0.4 is 4.90 Å². The van der Waals surface area contributed by atoms with Gasteiger partial charge in [-0.25, -0.2) is 8.42 Å². The highest BCUT2D eigenvalue weighted by atomic mass is 35.5. The van der Waals surface area contributed by atoms with Crippen LogP contribution in [0.25, 0.3) is 0 Å². The summed E-state index contributed by atoms with van der Waals surface area (Å²) in [6, 6.07) is 8.77. The smallest absolute Gasteiger partial charge is 0.202 e. The molecule has 111 valence electrons. The summed E-state index contributed by atoms with van der Waals surface area (Å²) in [5.41, 5.74) is 0.875. The molecular weight excluding hydrogens is 333 g/mol. The van der Waals surface area contributed by atoms with Crippen LogP contribution in [0.4, 0.5) is 11.4 Å². The number of sulfone groups is 1. The van der Waals surface area contributed by atoms with Crippen LogP contribution in [0.1, 0.15) is 0 Å². The van der Waals surface area contributed by atoms with Gasteiger partial charge in [0.25, 0.3) is 0 Å². The van der Waals surface area contributed by atoms with Gasteiger partial charge in [-0.1, -0.05) is 23.2 Å². The number of rotatable bonds is 3. The molecule has 2 aromatic rings. The highest BCUT2D eigenvalue weighted by Crippen LogP contribution is 2.38. The van der Waals surface area contributed by atoms with E-state index < -0.39 is 9.84 Å². The molecule has 2 aromatic carbocycles. The van der Waals surface area contributed by atoms with Crippen molar-refractivity contribution in [3.8, 4) is 5.75 Å². The van der Waals surface area contributed by atoms with Crippen molar-refractivity contribution in [2.24, 2.45) is 0 Å². The molecule has 0 amide bonds. The van der Waals surface area contributed by atoms with Gasteiger partial charge in [0.2, 0.25) is 5.75 Å². The van der Waals surface area contributed by atoms with Gasteiger partial charge < -0.3 is 4.90 Å². The van der Waals surface area contributed by atoms with Crippen molar-refractivity contribution in [2.45, 2.75) is 4.90 Å². The molecule has 0 aromatic heterocycles. The maximum absolute atomic E-state index is 11.9. The second kappa shape index (κ2) is 5.75. The van der Waals surface area contributed by atoms with Crippen molar-refractivity contribution in [1.29, 1.82) is 0 Å². The molecular formula is C14H12Cl2NO3S.